The molecule has 0 saturated heterocycles. The Morgan fingerprint density at radius 1 is 0.889 bits per heavy atom. The molecule has 0 aromatic heterocycles. The van der Waals surface area contributed by atoms with Crippen LogP contribution in [0.4, 0.5) is 0 Å². The highest BCUT2D eigenvalue weighted by Crippen LogP contribution is 2.17. The van der Waals surface area contributed by atoms with E-state index in [0.717, 1.165) is 24.3 Å². The summed E-state index contributed by atoms with van der Waals surface area (Å²) in [6.07, 6.45) is 10.6. The average molecular weight is 387 g/mol. The fourth-order valence-corrected chi connectivity index (χ4v) is 2.69. The van der Waals surface area contributed by atoms with Crippen LogP contribution in [0.3, 0.4) is 0 Å². The number of esters is 1. The molecule has 144 valence electrons. The third-order valence-electron chi connectivity index (χ3n) is 4.09. The van der Waals surface area contributed by atoms with E-state index in [2.05, 4.69) is 6.92 Å². The van der Waals surface area contributed by atoms with Crippen LogP contribution in [0.5, 0.6) is 11.5 Å². The Hall–Kier alpha value is -2.26. The predicted octanol–water partition coefficient (Wildman–Crippen LogP) is 6.70. The summed E-state index contributed by atoms with van der Waals surface area (Å²) in [6, 6.07) is 14.3. The molecule has 0 aliphatic carbocycles. The van der Waals surface area contributed by atoms with Crippen LogP contribution in [-0.4, -0.2) is 12.6 Å². The van der Waals surface area contributed by atoms with E-state index < -0.39 is 5.97 Å². The molecule has 0 radical (unpaired) electrons. The number of halogens is 1. The molecular formula is C23H27ClO3. The number of carbonyl (C=O) groups excluding carboxylic acids is 1. The Morgan fingerprint density at radius 2 is 1.52 bits per heavy atom. The zero-order valence-electron chi connectivity index (χ0n) is 15.8. The summed E-state index contributed by atoms with van der Waals surface area (Å²) in [7, 11) is 0. The molecule has 0 fully saturated rings. The molecule has 2 rings (SSSR count). The van der Waals surface area contributed by atoms with Gasteiger partial charge in [-0.1, -0.05) is 62.8 Å². The molecule has 0 saturated carbocycles. The minimum Gasteiger partial charge on any atom is -0.494 e. The molecule has 0 bridgehead atoms. The Labute approximate surface area is 167 Å². The highest BCUT2D eigenvalue weighted by atomic mass is 35.5. The molecule has 27 heavy (non-hydrogen) atoms. The monoisotopic (exact) mass is 386 g/mol. The molecule has 2 aromatic carbocycles. The zero-order valence-corrected chi connectivity index (χ0v) is 16.6. The van der Waals surface area contributed by atoms with E-state index in [1.54, 1.807) is 30.3 Å². The zero-order chi connectivity index (χ0) is 19.3. The number of carbonyl (C=O) groups is 1. The van der Waals surface area contributed by atoms with Gasteiger partial charge in [0.15, 0.2) is 0 Å². The van der Waals surface area contributed by atoms with Gasteiger partial charge >= 0.3 is 5.97 Å². The molecule has 3 nitrogen and oxygen atoms in total. The van der Waals surface area contributed by atoms with Gasteiger partial charge in [-0.2, -0.15) is 0 Å². The third-order valence-corrected chi connectivity index (χ3v) is 4.34. The van der Waals surface area contributed by atoms with E-state index in [1.807, 2.05) is 24.3 Å². The van der Waals surface area contributed by atoms with E-state index in [-0.39, 0.29) is 0 Å². The average Bonchev–Trinajstić information content (AvgIpc) is 2.68. The highest BCUT2D eigenvalue weighted by molar-refractivity contribution is 6.30. The molecular weight excluding hydrogens is 360 g/mol. The van der Waals surface area contributed by atoms with Crippen molar-refractivity contribution in [3.8, 4) is 11.5 Å². The third kappa shape index (κ3) is 8.78. The number of unbranched alkanes of at least 4 members (excludes halogenated alkanes) is 5. The first-order chi connectivity index (χ1) is 13.2. The van der Waals surface area contributed by atoms with E-state index >= 15 is 0 Å². The predicted molar refractivity (Wildman–Crippen MR) is 111 cm³/mol. The Balaban J connectivity index is 1.70. The maximum Gasteiger partial charge on any atom is 0.336 e. The SMILES string of the molecule is CCCCCCCCOc1ccc(/C=C/C(=O)Oc2ccc(Cl)cc2)cc1. The van der Waals surface area contributed by atoms with Gasteiger partial charge in [-0.25, -0.2) is 4.79 Å². The van der Waals surface area contributed by atoms with Gasteiger partial charge in [-0.15, -0.1) is 0 Å². The summed E-state index contributed by atoms with van der Waals surface area (Å²) in [5.74, 6) is 0.887. The molecule has 0 unspecified atom stereocenters. The summed E-state index contributed by atoms with van der Waals surface area (Å²) in [6.45, 7) is 2.97. The molecule has 0 aliphatic rings. The molecule has 2 aromatic rings. The van der Waals surface area contributed by atoms with Crippen molar-refractivity contribution in [2.24, 2.45) is 0 Å². The second-order valence-corrected chi connectivity index (χ2v) is 6.83. The van der Waals surface area contributed by atoms with Crippen molar-refractivity contribution in [3.63, 3.8) is 0 Å². The quantitative estimate of drug-likeness (QED) is 0.186. The molecule has 4 heteroatoms. The van der Waals surface area contributed by atoms with E-state index in [0.29, 0.717) is 10.8 Å². The molecule has 0 N–H and O–H groups in total. The van der Waals surface area contributed by atoms with Crippen LogP contribution in [0.2, 0.25) is 5.02 Å². The lowest BCUT2D eigenvalue weighted by Crippen LogP contribution is -2.03. The van der Waals surface area contributed by atoms with Gasteiger partial charge < -0.3 is 9.47 Å². The lowest BCUT2D eigenvalue weighted by molar-refractivity contribution is -0.128. The van der Waals surface area contributed by atoms with Crippen molar-refractivity contribution in [1.29, 1.82) is 0 Å². The minimum atomic E-state index is -0.430. The van der Waals surface area contributed by atoms with E-state index in [9.17, 15) is 4.79 Å². The number of rotatable bonds is 11. The van der Waals surface area contributed by atoms with Gasteiger partial charge in [0.25, 0.3) is 0 Å². The second-order valence-electron chi connectivity index (χ2n) is 6.39. The van der Waals surface area contributed by atoms with Crippen LogP contribution < -0.4 is 9.47 Å². The first kappa shape index (κ1) is 21.0. The topological polar surface area (TPSA) is 35.5 Å². The van der Waals surface area contributed by atoms with Crippen LogP contribution in [0.1, 0.15) is 51.0 Å². The summed E-state index contributed by atoms with van der Waals surface area (Å²) in [4.78, 5) is 11.8. The molecule has 0 amide bonds. The molecule has 0 spiro atoms. The van der Waals surface area contributed by atoms with Gasteiger partial charge in [0, 0.05) is 11.1 Å². The highest BCUT2D eigenvalue weighted by Gasteiger charge is 2.01. The summed E-state index contributed by atoms with van der Waals surface area (Å²) in [5, 5.41) is 0.601. The van der Waals surface area contributed by atoms with Gasteiger partial charge in [-0.3, -0.25) is 0 Å². The minimum absolute atomic E-state index is 0.430. The number of hydrogen-bond donors (Lipinski definition) is 0. The number of hydrogen-bond acceptors (Lipinski definition) is 3. The van der Waals surface area contributed by atoms with Crippen molar-refractivity contribution < 1.29 is 14.3 Å². The van der Waals surface area contributed by atoms with Crippen molar-refractivity contribution in [3.05, 3.63) is 65.2 Å². The summed E-state index contributed by atoms with van der Waals surface area (Å²) >= 11 is 5.80. The lowest BCUT2D eigenvalue weighted by Gasteiger charge is -2.06. The molecule has 0 aliphatic heterocycles. The van der Waals surface area contributed by atoms with Crippen molar-refractivity contribution >= 4 is 23.6 Å². The van der Waals surface area contributed by atoms with E-state index in [4.69, 9.17) is 21.1 Å². The molecule has 0 heterocycles. The first-order valence-electron chi connectivity index (χ1n) is 9.55. The van der Waals surface area contributed by atoms with Crippen molar-refractivity contribution in [2.45, 2.75) is 45.4 Å². The summed E-state index contributed by atoms with van der Waals surface area (Å²) < 4.78 is 11.0. The Morgan fingerprint density at radius 3 is 2.22 bits per heavy atom. The van der Waals surface area contributed by atoms with Gasteiger partial charge in [0.05, 0.1) is 6.61 Å². The lowest BCUT2D eigenvalue weighted by atomic mass is 10.1. The first-order valence-corrected chi connectivity index (χ1v) is 9.93. The summed E-state index contributed by atoms with van der Waals surface area (Å²) in [5.41, 5.74) is 0.912. The van der Waals surface area contributed by atoms with Gasteiger partial charge in [-0.05, 0) is 54.5 Å². The fourth-order valence-electron chi connectivity index (χ4n) is 2.56. The Bertz CT molecular complexity index is 705. The number of benzene rings is 2. The maximum atomic E-state index is 11.8. The normalized spacial score (nSPS) is 10.9. The van der Waals surface area contributed by atoms with Crippen molar-refractivity contribution in [1.82, 2.24) is 0 Å². The standard InChI is InChI=1S/C23H27ClO3/c1-2-3-4-5-6-7-18-26-21-13-8-19(9-14-21)10-17-23(25)27-22-15-11-20(24)12-16-22/h8-17H,2-7,18H2,1H3/b17-10+. The van der Waals surface area contributed by atoms with Crippen molar-refractivity contribution in [2.75, 3.05) is 6.61 Å². The van der Waals surface area contributed by atoms with Crippen LogP contribution in [0.15, 0.2) is 54.6 Å². The van der Waals surface area contributed by atoms with E-state index in [1.165, 1.54) is 38.2 Å². The maximum absolute atomic E-state index is 11.8. The fraction of sp³-hybridized carbons (Fsp3) is 0.348. The second kappa shape index (κ2) is 12.2. The van der Waals surface area contributed by atoms with Crippen LogP contribution in [0.25, 0.3) is 6.08 Å². The van der Waals surface area contributed by atoms with Crippen LogP contribution in [0, 0.1) is 0 Å². The number of ether oxygens (including phenoxy) is 2. The largest absolute Gasteiger partial charge is 0.494 e. The smallest absolute Gasteiger partial charge is 0.336 e. The Kier molecular flexibility index (Phi) is 9.50. The van der Waals surface area contributed by atoms with Gasteiger partial charge in [0.1, 0.15) is 11.5 Å². The molecule has 0 atom stereocenters. The van der Waals surface area contributed by atoms with Crippen LogP contribution >= 0.6 is 11.6 Å². The van der Waals surface area contributed by atoms with Crippen LogP contribution in [-0.2, 0) is 4.79 Å². The van der Waals surface area contributed by atoms with Gasteiger partial charge in [0.2, 0.25) is 0 Å².